The molecule has 1 aliphatic carbocycles. The maximum atomic E-state index is 13.5. The molecule has 1 fully saturated rings. The van der Waals surface area contributed by atoms with Crippen molar-refractivity contribution in [2.75, 3.05) is 0 Å². The van der Waals surface area contributed by atoms with E-state index in [0.29, 0.717) is 40.4 Å². The van der Waals surface area contributed by atoms with E-state index in [0.717, 1.165) is 16.6 Å². The molecular weight excluding hydrogens is 473 g/mol. The molecule has 0 radical (unpaired) electrons. The minimum atomic E-state index is -4.85. The fourth-order valence-electron chi connectivity index (χ4n) is 3.91. The first-order valence-corrected chi connectivity index (χ1v) is 11.0. The molecule has 11 heteroatoms. The van der Waals surface area contributed by atoms with E-state index in [1.165, 1.54) is 6.26 Å². The minimum Gasteiger partial charge on any atom is -0.467 e. The molecule has 2 aliphatic rings. The molecule has 3 aromatic rings. The molecule has 0 N–H and O–H groups in total. The maximum Gasteiger partial charge on any atom is 0.421 e. The molecule has 7 nitrogen and oxygen atoms in total. The molecule has 1 unspecified atom stereocenters. The van der Waals surface area contributed by atoms with Crippen LogP contribution in [-0.2, 0) is 17.5 Å². The lowest BCUT2D eigenvalue weighted by atomic mass is 10.0. The highest BCUT2D eigenvalue weighted by Gasteiger charge is 2.39. The van der Waals surface area contributed by atoms with Crippen molar-refractivity contribution in [3.63, 3.8) is 0 Å². The van der Waals surface area contributed by atoms with Crippen LogP contribution in [0.3, 0.4) is 0 Å². The number of halogens is 4. The van der Waals surface area contributed by atoms with Crippen molar-refractivity contribution in [3.05, 3.63) is 86.7 Å². The Hall–Kier alpha value is -3.40. The summed E-state index contributed by atoms with van der Waals surface area (Å²) in [4.78, 5) is 25.8. The molecule has 176 valence electrons. The fourth-order valence-corrected chi connectivity index (χ4v) is 4.04. The predicted molar refractivity (Wildman–Crippen MR) is 116 cm³/mol. The standard InChI is InChI=1S/C23H18ClF3N4O3/c24-15-7-5-14(6-8-15)18-11-19(20-2-1-9-34-20)31(29-18)21(32)12-30-22(33)16(23(25,26)27)10-17(28-30)13-3-4-13/h1-2,5-10,13,19H,3-4,11-12H2. The summed E-state index contributed by atoms with van der Waals surface area (Å²) in [5.41, 5.74) is -1.21. The Bertz CT molecular complexity index is 1310. The van der Waals surface area contributed by atoms with Crippen LogP contribution >= 0.6 is 11.6 Å². The summed E-state index contributed by atoms with van der Waals surface area (Å²) >= 11 is 5.96. The summed E-state index contributed by atoms with van der Waals surface area (Å²) in [5, 5.41) is 10.2. The van der Waals surface area contributed by atoms with Gasteiger partial charge in [0, 0.05) is 17.4 Å². The average Bonchev–Trinajstić information content (AvgIpc) is 3.30. The van der Waals surface area contributed by atoms with Crippen molar-refractivity contribution in [2.24, 2.45) is 5.10 Å². The molecule has 0 bridgehead atoms. The Balaban J connectivity index is 1.49. The number of carbonyl (C=O) groups excluding carboxylic acids is 1. The fraction of sp³-hybridized carbons (Fsp3) is 0.304. The van der Waals surface area contributed by atoms with Crippen molar-refractivity contribution in [1.29, 1.82) is 0 Å². The van der Waals surface area contributed by atoms with Crippen LogP contribution in [0.15, 0.2) is 63.0 Å². The zero-order valence-electron chi connectivity index (χ0n) is 17.6. The third-order valence-corrected chi connectivity index (χ3v) is 6.05. The normalized spacial score (nSPS) is 18.3. The van der Waals surface area contributed by atoms with Crippen molar-refractivity contribution in [3.8, 4) is 0 Å². The van der Waals surface area contributed by atoms with Crippen LogP contribution in [0.1, 0.15) is 53.8 Å². The first kappa shape index (κ1) is 22.4. The van der Waals surface area contributed by atoms with E-state index in [9.17, 15) is 22.8 Å². The number of rotatable bonds is 5. The van der Waals surface area contributed by atoms with Gasteiger partial charge in [-0.3, -0.25) is 9.59 Å². The molecule has 5 rings (SSSR count). The van der Waals surface area contributed by atoms with Crippen LogP contribution in [0.25, 0.3) is 0 Å². The number of alkyl halides is 3. The van der Waals surface area contributed by atoms with E-state index in [1.54, 1.807) is 36.4 Å². The Morgan fingerprint density at radius 2 is 1.91 bits per heavy atom. The van der Waals surface area contributed by atoms with Crippen LogP contribution < -0.4 is 5.56 Å². The van der Waals surface area contributed by atoms with Gasteiger partial charge in [-0.15, -0.1) is 0 Å². The van der Waals surface area contributed by atoms with Gasteiger partial charge in [-0.1, -0.05) is 23.7 Å². The summed E-state index contributed by atoms with van der Waals surface area (Å²) in [6.45, 7) is -0.683. The lowest BCUT2D eigenvalue weighted by Gasteiger charge is -2.20. The average molecular weight is 491 g/mol. The third kappa shape index (κ3) is 4.37. The Labute approximate surface area is 196 Å². The number of benzene rings is 1. The monoisotopic (exact) mass is 490 g/mol. The second-order valence-electron chi connectivity index (χ2n) is 8.24. The van der Waals surface area contributed by atoms with Gasteiger partial charge in [0.25, 0.3) is 11.5 Å². The smallest absolute Gasteiger partial charge is 0.421 e. The highest BCUT2D eigenvalue weighted by atomic mass is 35.5. The van der Waals surface area contributed by atoms with Gasteiger partial charge in [-0.25, -0.2) is 9.69 Å². The van der Waals surface area contributed by atoms with Gasteiger partial charge < -0.3 is 4.42 Å². The Morgan fingerprint density at radius 3 is 2.53 bits per heavy atom. The van der Waals surface area contributed by atoms with Crippen LogP contribution in [0.4, 0.5) is 13.2 Å². The molecule has 1 aromatic carbocycles. The number of nitrogens with zero attached hydrogens (tertiary/aromatic N) is 4. The first-order valence-electron chi connectivity index (χ1n) is 10.6. The second-order valence-corrected chi connectivity index (χ2v) is 8.68. The molecule has 1 saturated carbocycles. The van der Waals surface area contributed by atoms with Crippen molar-refractivity contribution in [1.82, 2.24) is 14.8 Å². The Morgan fingerprint density at radius 1 is 1.18 bits per heavy atom. The number of hydrogen-bond donors (Lipinski definition) is 0. The molecule has 0 spiro atoms. The molecule has 1 atom stereocenters. The van der Waals surface area contributed by atoms with Gasteiger partial charge in [0.05, 0.1) is 17.7 Å². The second kappa shape index (κ2) is 8.43. The molecular formula is C23H18ClF3N4O3. The predicted octanol–water partition coefficient (Wildman–Crippen LogP) is 4.76. The van der Waals surface area contributed by atoms with Gasteiger partial charge >= 0.3 is 6.18 Å². The summed E-state index contributed by atoms with van der Waals surface area (Å²) in [5.74, 6) is -0.356. The van der Waals surface area contributed by atoms with Crippen molar-refractivity contribution >= 4 is 23.2 Å². The van der Waals surface area contributed by atoms with Gasteiger partial charge in [0.2, 0.25) is 0 Å². The van der Waals surface area contributed by atoms with Crippen LogP contribution in [0, 0.1) is 0 Å². The van der Waals surface area contributed by atoms with Crippen LogP contribution in [0.5, 0.6) is 0 Å². The maximum absolute atomic E-state index is 13.5. The largest absolute Gasteiger partial charge is 0.467 e. The van der Waals surface area contributed by atoms with Gasteiger partial charge in [0.15, 0.2) is 0 Å². The molecule has 34 heavy (non-hydrogen) atoms. The molecule has 2 aromatic heterocycles. The van der Waals surface area contributed by atoms with E-state index in [2.05, 4.69) is 10.2 Å². The lowest BCUT2D eigenvalue weighted by Crippen LogP contribution is -2.37. The molecule has 1 amide bonds. The number of hydrazone groups is 1. The SMILES string of the molecule is O=C(Cn1nc(C2CC2)cc(C(F)(F)F)c1=O)N1N=C(c2ccc(Cl)cc2)CC1c1ccco1. The summed E-state index contributed by atoms with van der Waals surface area (Å²) in [6, 6.07) is 10.4. The van der Waals surface area contributed by atoms with E-state index in [4.69, 9.17) is 16.0 Å². The zero-order chi connectivity index (χ0) is 24.0. The number of aromatic nitrogens is 2. The van der Waals surface area contributed by atoms with E-state index >= 15 is 0 Å². The summed E-state index contributed by atoms with van der Waals surface area (Å²) in [7, 11) is 0. The lowest BCUT2D eigenvalue weighted by molar-refractivity contribution is -0.140. The van der Waals surface area contributed by atoms with E-state index in [-0.39, 0.29) is 11.6 Å². The van der Waals surface area contributed by atoms with Gasteiger partial charge in [0.1, 0.15) is 23.9 Å². The third-order valence-electron chi connectivity index (χ3n) is 5.79. The van der Waals surface area contributed by atoms with Gasteiger partial charge in [-0.05, 0) is 48.7 Å². The number of hydrogen-bond acceptors (Lipinski definition) is 5. The highest BCUT2D eigenvalue weighted by molar-refractivity contribution is 6.30. The summed E-state index contributed by atoms with van der Waals surface area (Å²) in [6.07, 6.45) is -1.69. The highest BCUT2D eigenvalue weighted by Crippen LogP contribution is 2.40. The Kier molecular flexibility index (Phi) is 5.55. The van der Waals surface area contributed by atoms with E-state index in [1.807, 2.05) is 0 Å². The number of carbonyl (C=O) groups is 1. The number of amides is 1. The van der Waals surface area contributed by atoms with Crippen molar-refractivity contribution in [2.45, 2.75) is 43.9 Å². The van der Waals surface area contributed by atoms with Crippen molar-refractivity contribution < 1.29 is 22.4 Å². The van der Waals surface area contributed by atoms with E-state index < -0.39 is 35.8 Å². The minimum absolute atomic E-state index is 0.139. The number of furan rings is 1. The van der Waals surface area contributed by atoms with Crippen LogP contribution in [0.2, 0.25) is 5.02 Å². The molecule has 0 saturated heterocycles. The summed E-state index contributed by atoms with van der Waals surface area (Å²) < 4.78 is 46.5. The topological polar surface area (TPSA) is 80.7 Å². The zero-order valence-corrected chi connectivity index (χ0v) is 18.4. The van der Waals surface area contributed by atoms with Crippen LogP contribution in [-0.4, -0.2) is 26.4 Å². The first-order chi connectivity index (χ1) is 16.2. The quantitative estimate of drug-likeness (QED) is 0.516. The van der Waals surface area contributed by atoms with Gasteiger partial charge in [-0.2, -0.15) is 23.4 Å². The molecule has 1 aliphatic heterocycles. The molecule has 3 heterocycles.